The highest BCUT2D eigenvalue weighted by atomic mass is 79.9. The summed E-state index contributed by atoms with van der Waals surface area (Å²) in [5.41, 5.74) is 0.304. The van der Waals surface area contributed by atoms with Crippen molar-refractivity contribution in [2.75, 3.05) is 11.9 Å². The standard InChI is InChI=1S/C14H18BrF2N3O3/c1-8-12(20(21)22)7-11(15)13(18-8)19(2)9-3-5-10(6-4-9)23-14(16)17/h7,9-10,14H,3-6H2,1-2H3/t9-,10-. The van der Waals surface area contributed by atoms with Crippen molar-refractivity contribution < 1.29 is 18.4 Å². The van der Waals surface area contributed by atoms with Crippen LogP contribution in [0.4, 0.5) is 20.3 Å². The molecule has 1 aliphatic carbocycles. The monoisotopic (exact) mass is 393 g/mol. The van der Waals surface area contributed by atoms with Crippen LogP contribution >= 0.6 is 15.9 Å². The first-order valence-electron chi connectivity index (χ1n) is 7.27. The third-order valence-corrected chi connectivity index (χ3v) is 4.72. The Morgan fingerprint density at radius 3 is 2.57 bits per heavy atom. The number of rotatable bonds is 5. The van der Waals surface area contributed by atoms with E-state index < -0.39 is 17.6 Å². The summed E-state index contributed by atoms with van der Waals surface area (Å²) >= 11 is 3.33. The fourth-order valence-corrected chi connectivity index (χ4v) is 3.46. The highest BCUT2D eigenvalue weighted by molar-refractivity contribution is 9.10. The fourth-order valence-electron chi connectivity index (χ4n) is 2.88. The van der Waals surface area contributed by atoms with Crippen molar-refractivity contribution in [2.45, 2.75) is 51.4 Å². The number of aromatic nitrogens is 1. The molecule has 1 aromatic rings. The molecule has 1 heterocycles. The summed E-state index contributed by atoms with van der Waals surface area (Å²) in [6.45, 7) is -1.14. The second-order valence-corrected chi connectivity index (χ2v) is 6.45. The number of nitrogens with zero attached hydrogens (tertiary/aromatic N) is 3. The summed E-state index contributed by atoms with van der Waals surface area (Å²) in [5, 5.41) is 10.9. The number of aryl methyl sites for hydroxylation is 1. The van der Waals surface area contributed by atoms with Crippen molar-refractivity contribution in [1.82, 2.24) is 4.98 Å². The number of alkyl halides is 2. The Balaban J connectivity index is 2.08. The van der Waals surface area contributed by atoms with Crippen LogP contribution < -0.4 is 4.90 Å². The van der Waals surface area contributed by atoms with Gasteiger partial charge >= 0.3 is 6.61 Å². The van der Waals surface area contributed by atoms with Crippen molar-refractivity contribution in [3.8, 4) is 0 Å². The zero-order valence-corrected chi connectivity index (χ0v) is 14.4. The lowest BCUT2D eigenvalue weighted by molar-refractivity contribution is -0.385. The minimum atomic E-state index is -2.73. The van der Waals surface area contributed by atoms with E-state index >= 15 is 0 Å². The number of pyridine rings is 1. The Bertz CT molecular complexity index is 581. The zero-order valence-electron chi connectivity index (χ0n) is 12.8. The van der Waals surface area contributed by atoms with Crippen LogP contribution in [0.25, 0.3) is 0 Å². The van der Waals surface area contributed by atoms with Gasteiger partial charge in [0.05, 0.1) is 15.5 Å². The number of halogens is 3. The molecule has 1 saturated carbocycles. The topological polar surface area (TPSA) is 68.5 Å². The Morgan fingerprint density at radius 1 is 1.43 bits per heavy atom. The van der Waals surface area contributed by atoms with E-state index in [1.165, 1.54) is 6.07 Å². The predicted octanol–water partition coefficient (Wildman–Crippen LogP) is 4.05. The molecule has 0 aliphatic heterocycles. The van der Waals surface area contributed by atoms with Crippen molar-refractivity contribution in [1.29, 1.82) is 0 Å². The van der Waals surface area contributed by atoms with Gasteiger partial charge in [0.15, 0.2) is 0 Å². The second kappa shape index (κ2) is 7.48. The molecule has 9 heteroatoms. The summed E-state index contributed by atoms with van der Waals surface area (Å²) < 4.78 is 29.6. The van der Waals surface area contributed by atoms with E-state index in [0.29, 0.717) is 41.7 Å². The smallest absolute Gasteiger partial charge is 0.345 e. The molecule has 128 valence electrons. The van der Waals surface area contributed by atoms with Gasteiger partial charge in [-0.05, 0) is 48.5 Å². The average molecular weight is 394 g/mol. The van der Waals surface area contributed by atoms with Crippen LogP contribution in [0.3, 0.4) is 0 Å². The van der Waals surface area contributed by atoms with Crippen LogP contribution in [0.15, 0.2) is 10.5 Å². The second-order valence-electron chi connectivity index (χ2n) is 5.59. The molecule has 0 spiro atoms. The van der Waals surface area contributed by atoms with Crippen LogP contribution in [0.1, 0.15) is 31.4 Å². The molecule has 6 nitrogen and oxygen atoms in total. The normalized spacial score (nSPS) is 21.5. The highest BCUT2D eigenvalue weighted by Gasteiger charge is 2.28. The maximum atomic E-state index is 12.2. The molecule has 0 aromatic carbocycles. The number of hydrogen-bond acceptors (Lipinski definition) is 5. The zero-order chi connectivity index (χ0) is 17.1. The van der Waals surface area contributed by atoms with Crippen molar-refractivity contribution in [2.24, 2.45) is 0 Å². The first-order valence-corrected chi connectivity index (χ1v) is 8.07. The van der Waals surface area contributed by atoms with Gasteiger partial charge in [-0.15, -0.1) is 0 Å². The largest absolute Gasteiger partial charge is 0.356 e. The third-order valence-electron chi connectivity index (χ3n) is 4.14. The van der Waals surface area contributed by atoms with Crippen molar-refractivity contribution in [3.05, 3.63) is 26.3 Å². The fraction of sp³-hybridized carbons (Fsp3) is 0.643. The third kappa shape index (κ3) is 4.35. The molecule has 2 rings (SSSR count). The molecule has 1 fully saturated rings. The Hall–Kier alpha value is -1.35. The maximum Gasteiger partial charge on any atom is 0.345 e. The molecule has 0 bridgehead atoms. The number of anilines is 1. The Kier molecular flexibility index (Phi) is 5.85. The molecular formula is C14H18BrF2N3O3. The van der Waals surface area contributed by atoms with Crippen molar-refractivity contribution in [3.63, 3.8) is 0 Å². The summed E-state index contributed by atoms with van der Waals surface area (Å²) in [6.07, 6.45) is 2.12. The molecule has 1 aliphatic rings. The summed E-state index contributed by atoms with van der Waals surface area (Å²) in [5.74, 6) is 0.617. The quantitative estimate of drug-likeness (QED) is 0.557. The van der Waals surface area contributed by atoms with Gasteiger partial charge in [0, 0.05) is 19.2 Å². The molecule has 0 unspecified atom stereocenters. The van der Waals surface area contributed by atoms with Gasteiger partial charge < -0.3 is 9.64 Å². The Morgan fingerprint density at radius 2 is 2.04 bits per heavy atom. The number of hydrogen-bond donors (Lipinski definition) is 0. The van der Waals surface area contributed by atoms with Crippen LogP contribution in [0.2, 0.25) is 0 Å². The van der Waals surface area contributed by atoms with E-state index in [9.17, 15) is 18.9 Å². The lowest BCUT2D eigenvalue weighted by Gasteiger charge is -2.35. The van der Waals surface area contributed by atoms with Gasteiger partial charge in [-0.3, -0.25) is 10.1 Å². The molecule has 0 radical (unpaired) electrons. The number of ether oxygens (including phenoxy) is 1. The average Bonchev–Trinajstić information content (AvgIpc) is 2.48. The van der Waals surface area contributed by atoms with E-state index in [2.05, 4.69) is 25.7 Å². The number of nitro groups is 1. The minimum Gasteiger partial charge on any atom is -0.356 e. The van der Waals surface area contributed by atoms with E-state index in [4.69, 9.17) is 0 Å². The molecule has 0 saturated heterocycles. The van der Waals surface area contributed by atoms with Gasteiger partial charge in [0.2, 0.25) is 0 Å². The van der Waals surface area contributed by atoms with E-state index in [0.717, 1.165) is 0 Å². The summed E-state index contributed by atoms with van der Waals surface area (Å²) in [6, 6.07) is 1.58. The molecule has 23 heavy (non-hydrogen) atoms. The SMILES string of the molecule is Cc1nc(N(C)[C@H]2CC[C@H](OC(F)F)CC2)c(Br)cc1[N+](=O)[O-]. The Labute approximate surface area is 141 Å². The summed E-state index contributed by atoms with van der Waals surface area (Å²) in [4.78, 5) is 16.7. The van der Waals surface area contributed by atoms with Crippen molar-refractivity contribution >= 4 is 27.4 Å². The lowest BCUT2D eigenvalue weighted by atomic mass is 9.92. The first kappa shape index (κ1) is 18.0. The maximum absolute atomic E-state index is 12.2. The molecular weight excluding hydrogens is 376 g/mol. The minimum absolute atomic E-state index is 0.0388. The van der Waals surface area contributed by atoms with E-state index in [1.807, 2.05) is 11.9 Å². The van der Waals surface area contributed by atoms with Gasteiger partial charge in [0.1, 0.15) is 11.5 Å². The van der Waals surface area contributed by atoms with Gasteiger partial charge in [-0.25, -0.2) is 4.98 Å². The first-order chi connectivity index (χ1) is 10.8. The molecule has 1 aromatic heterocycles. The van der Waals surface area contributed by atoms with Crippen LogP contribution in [0, 0.1) is 17.0 Å². The van der Waals surface area contributed by atoms with Crippen LogP contribution in [-0.4, -0.2) is 35.7 Å². The molecule has 0 atom stereocenters. The van der Waals surface area contributed by atoms with Crippen LogP contribution in [-0.2, 0) is 4.74 Å². The van der Waals surface area contributed by atoms with E-state index in [1.54, 1.807) is 6.92 Å². The van der Waals surface area contributed by atoms with Gasteiger partial charge in [0.25, 0.3) is 5.69 Å². The molecule has 0 amide bonds. The van der Waals surface area contributed by atoms with Gasteiger partial charge in [-0.1, -0.05) is 0 Å². The molecule has 0 N–H and O–H groups in total. The van der Waals surface area contributed by atoms with Gasteiger partial charge in [-0.2, -0.15) is 8.78 Å². The summed E-state index contributed by atoms with van der Waals surface area (Å²) in [7, 11) is 1.86. The van der Waals surface area contributed by atoms with Crippen LogP contribution in [0.5, 0.6) is 0 Å². The lowest BCUT2D eigenvalue weighted by Crippen LogP contribution is -2.38. The predicted molar refractivity (Wildman–Crippen MR) is 84.9 cm³/mol. The highest BCUT2D eigenvalue weighted by Crippen LogP contribution is 2.34. The van der Waals surface area contributed by atoms with E-state index in [-0.39, 0.29) is 11.7 Å².